The lowest BCUT2D eigenvalue weighted by Gasteiger charge is -2.29. The third-order valence-corrected chi connectivity index (χ3v) is 5.01. The summed E-state index contributed by atoms with van der Waals surface area (Å²) in [7, 11) is 0. The van der Waals surface area contributed by atoms with Crippen molar-refractivity contribution in [3.63, 3.8) is 0 Å². The number of nitrogens with two attached hydrogens (primary N) is 1. The maximum absolute atomic E-state index is 12.8. The molecule has 0 bridgehead atoms. The second-order valence-corrected chi connectivity index (χ2v) is 7.48. The topological polar surface area (TPSA) is 90.0 Å². The number of hydrogen-bond donors (Lipinski definition) is 1. The third-order valence-electron chi connectivity index (χ3n) is 5.01. The normalized spacial score (nSPS) is 16.4. The van der Waals surface area contributed by atoms with E-state index in [2.05, 4.69) is 15.0 Å². The molecule has 1 fully saturated rings. The zero-order valence-electron chi connectivity index (χ0n) is 17.4. The number of likely N-dealkylation sites (tertiary alicyclic amines) is 1. The molecule has 2 N–H and O–H groups in total. The SMILES string of the molecule is N/C(=N\OCC(CN1CCCCC1)OC(=O)c1ccc(C(F)(F)F)cc1)c1cccnc1. The molecule has 1 aliphatic heterocycles. The fraction of sp³-hybridized carbons (Fsp3) is 0.409. The summed E-state index contributed by atoms with van der Waals surface area (Å²) in [6.07, 6.45) is 1.24. The number of rotatable bonds is 8. The van der Waals surface area contributed by atoms with Gasteiger partial charge in [-0.1, -0.05) is 11.6 Å². The van der Waals surface area contributed by atoms with Crippen LogP contribution in [-0.2, 0) is 15.8 Å². The molecule has 2 aromatic rings. The number of piperidine rings is 1. The summed E-state index contributed by atoms with van der Waals surface area (Å²) in [5.74, 6) is -0.600. The van der Waals surface area contributed by atoms with Crippen LogP contribution in [0.25, 0.3) is 0 Å². The Morgan fingerprint density at radius 2 is 1.84 bits per heavy atom. The first-order valence-corrected chi connectivity index (χ1v) is 10.3. The number of ether oxygens (including phenoxy) is 1. The van der Waals surface area contributed by atoms with Crippen LogP contribution < -0.4 is 5.73 Å². The lowest BCUT2D eigenvalue weighted by Crippen LogP contribution is -2.40. The number of carbonyl (C=O) groups is 1. The molecule has 0 saturated carbocycles. The Morgan fingerprint density at radius 1 is 1.12 bits per heavy atom. The number of halogens is 3. The molecule has 1 saturated heterocycles. The molecule has 1 aromatic carbocycles. The average molecular weight is 450 g/mol. The smallest absolute Gasteiger partial charge is 0.416 e. The number of carbonyl (C=O) groups excluding carboxylic acids is 1. The van der Waals surface area contributed by atoms with Crippen molar-refractivity contribution in [1.82, 2.24) is 9.88 Å². The highest BCUT2D eigenvalue weighted by molar-refractivity contribution is 5.96. The fourth-order valence-corrected chi connectivity index (χ4v) is 3.33. The molecule has 0 aliphatic carbocycles. The van der Waals surface area contributed by atoms with Gasteiger partial charge in [0.15, 0.2) is 18.5 Å². The number of amidine groups is 1. The van der Waals surface area contributed by atoms with E-state index in [9.17, 15) is 18.0 Å². The molecule has 0 amide bonds. The van der Waals surface area contributed by atoms with Crippen LogP contribution in [0.2, 0.25) is 0 Å². The van der Waals surface area contributed by atoms with Gasteiger partial charge in [-0.2, -0.15) is 13.2 Å². The van der Waals surface area contributed by atoms with Crippen molar-refractivity contribution in [2.45, 2.75) is 31.5 Å². The largest absolute Gasteiger partial charge is 0.454 e. The van der Waals surface area contributed by atoms with E-state index in [0.29, 0.717) is 12.1 Å². The highest BCUT2D eigenvalue weighted by atomic mass is 19.4. The van der Waals surface area contributed by atoms with Gasteiger partial charge in [0.1, 0.15) is 0 Å². The van der Waals surface area contributed by atoms with Crippen molar-refractivity contribution in [2.24, 2.45) is 10.9 Å². The number of nitrogens with zero attached hydrogens (tertiary/aromatic N) is 3. The first-order valence-electron chi connectivity index (χ1n) is 10.3. The van der Waals surface area contributed by atoms with Crippen LogP contribution in [0.15, 0.2) is 53.9 Å². The number of pyridine rings is 1. The van der Waals surface area contributed by atoms with Crippen LogP contribution in [0.4, 0.5) is 13.2 Å². The highest BCUT2D eigenvalue weighted by Crippen LogP contribution is 2.29. The molecule has 172 valence electrons. The van der Waals surface area contributed by atoms with E-state index in [-0.39, 0.29) is 18.0 Å². The second kappa shape index (κ2) is 10.9. The van der Waals surface area contributed by atoms with E-state index in [1.807, 2.05) is 0 Å². The summed E-state index contributed by atoms with van der Waals surface area (Å²) in [4.78, 5) is 24.0. The minimum Gasteiger partial charge on any atom is -0.454 e. The molecule has 10 heteroatoms. The summed E-state index contributed by atoms with van der Waals surface area (Å²) >= 11 is 0. The minimum atomic E-state index is -4.47. The average Bonchev–Trinajstić information content (AvgIpc) is 2.79. The van der Waals surface area contributed by atoms with Crippen molar-refractivity contribution in [3.8, 4) is 0 Å². The highest BCUT2D eigenvalue weighted by Gasteiger charge is 2.30. The van der Waals surface area contributed by atoms with Crippen LogP contribution in [0.3, 0.4) is 0 Å². The van der Waals surface area contributed by atoms with E-state index in [1.54, 1.807) is 18.3 Å². The molecule has 0 spiro atoms. The quantitative estimate of drug-likeness (QED) is 0.287. The number of alkyl halides is 3. The Balaban J connectivity index is 1.64. The lowest BCUT2D eigenvalue weighted by molar-refractivity contribution is -0.137. The van der Waals surface area contributed by atoms with Gasteiger partial charge < -0.3 is 15.3 Å². The van der Waals surface area contributed by atoms with Crippen molar-refractivity contribution < 1.29 is 27.5 Å². The first-order chi connectivity index (χ1) is 15.3. The van der Waals surface area contributed by atoms with Crippen LogP contribution in [0, 0.1) is 0 Å². The minimum absolute atomic E-state index is 0.0278. The third kappa shape index (κ3) is 6.94. The van der Waals surface area contributed by atoms with E-state index < -0.39 is 23.8 Å². The Labute approximate surface area is 184 Å². The van der Waals surface area contributed by atoms with Crippen LogP contribution in [0.1, 0.15) is 40.7 Å². The molecule has 2 heterocycles. The summed E-state index contributed by atoms with van der Waals surface area (Å²) in [5.41, 5.74) is 5.66. The maximum Gasteiger partial charge on any atom is 0.416 e. The summed E-state index contributed by atoms with van der Waals surface area (Å²) in [5, 5.41) is 3.87. The van der Waals surface area contributed by atoms with Gasteiger partial charge in [-0.3, -0.25) is 9.88 Å². The van der Waals surface area contributed by atoms with Gasteiger partial charge >= 0.3 is 12.1 Å². The molecular weight excluding hydrogens is 425 g/mol. The van der Waals surface area contributed by atoms with Gasteiger partial charge in [0, 0.05) is 24.5 Å². The van der Waals surface area contributed by atoms with E-state index in [1.165, 1.54) is 6.20 Å². The summed E-state index contributed by atoms with van der Waals surface area (Å²) in [6, 6.07) is 7.34. The molecule has 1 aliphatic rings. The standard InChI is InChI=1S/C22H25F3N4O3/c23-22(24,25)18-8-6-16(7-9-18)21(30)32-19(14-29-11-2-1-3-12-29)15-31-28-20(26)17-5-4-10-27-13-17/h4-10,13,19H,1-3,11-12,14-15H2,(H2,26,28). The van der Waals surface area contributed by atoms with Crippen molar-refractivity contribution in [3.05, 3.63) is 65.5 Å². The molecule has 3 rings (SSSR count). The molecule has 1 aromatic heterocycles. The number of esters is 1. The molecule has 1 atom stereocenters. The number of aromatic nitrogens is 1. The molecule has 0 radical (unpaired) electrons. The maximum atomic E-state index is 12.8. The zero-order chi connectivity index (χ0) is 23.0. The van der Waals surface area contributed by atoms with Crippen LogP contribution >= 0.6 is 0 Å². The van der Waals surface area contributed by atoms with E-state index in [0.717, 1.165) is 56.6 Å². The molecule has 7 nitrogen and oxygen atoms in total. The number of oxime groups is 1. The Morgan fingerprint density at radius 3 is 2.47 bits per heavy atom. The first kappa shape index (κ1) is 23.5. The predicted molar refractivity (Wildman–Crippen MR) is 112 cm³/mol. The Kier molecular flexibility index (Phi) is 8.04. The van der Waals surface area contributed by atoms with Gasteiger partial charge in [0.25, 0.3) is 0 Å². The second-order valence-electron chi connectivity index (χ2n) is 7.48. The molecule has 32 heavy (non-hydrogen) atoms. The summed E-state index contributed by atoms with van der Waals surface area (Å²) in [6.45, 7) is 2.11. The predicted octanol–water partition coefficient (Wildman–Crippen LogP) is 3.45. The lowest BCUT2D eigenvalue weighted by atomic mass is 10.1. The van der Waals surface area contributed by atoms with Crippen molar-refractivity contribution >= 4 is 11.8 Å². The van der Waals surface area contributed by atoms with Crippen LogP contribution in [-0.4, -0.2) is 54.0 Å². The van der Waals surface area contributed by atoms with Gasteiger partial charge in [-0.05, 0) is 62.3 Å². The fourth-order valence-electron chi connectivity index (χ4n) is 3.33. The van der Waals surface area contributed by atoms with Gasteiger partial charge in [-0.15, -0.1) is 0 Å². The number of hydrogen-bond acceptors (Lipinski definition) is 6. The molecule has 1 unspecified atom stereocenters. The van der Waals surface area contributed by atoms with Gasteiger partial charge in [0.05, 0.1) is 11.1 Å². The van der Waals surface area contributed by atoms with Crippen molar-refractivity contribution in [1.29, 1.82) is 0 Å². The van der Waals surface area contributed by atoms with E-state index in [4.69, 9.17) is 15.3 Å². The number of benzene rings is 1. The van der Waals surface area contributed by atoms with Crippen molar-refractivity contribution in [2.75, 3.05) is 26.2 Å². The zero-order valence-corrected chi connectivity index (χ0v) is 17.4. The monoisotopic (exact) mass is 450 g/mol. The van der Waals surface area contributed by atoms with Gasteiger partial charge in [0.2, 0.25) is 0 Å². The Hall–Kier alpha value is -3.14. The van der Waals surface area contributed by atoms with E-state index >= 15 is 0 Å². The molecular formula is C22H25F3N4O3. The summed E-state index contributed by atoms with van der Waals surface area (Å²) < 4.78 is 43.8. The van der Waals surface area contributed by atoms with Gasteiger partial charge in [-0.25, -0.2) is 4.79 Å². The van der Waals surface area contributed by atoms with Crippen LogP contribution in [0.5, 0.6) is 0 Å². The Bertz CT molecular complexity index is 899.